The first-order valence-electron chi connectivity index (χ1n) is 9.47. The van der Waals surface area contributed by atoms with Crippen molar-refractivity contribution in [3.63, 3.8) is 0 Å². The van der Waals surface area contributed by atoms with Gasteiger partial charge in [-0.15, -0.1) is 0 Å². The summed E-state index contributed by atoms with van der Waals surface area (Å²) in [6, 6.07) is 14.7. The summed E-state index contributed by atoms with van der Waals surface area (Å²) in [4.78, 5) is 11.6. The van der Waals surface area contributed by atoms with Crippen LogP contribution in [0.5, 0.6) is 5.75 Å². The van der Waals surface area contributed by atoms with Crippen molar-refractivity contribution in [1.82, 2.24) is 9.88 Å². The number of carbonyl (C=O) groups is 1. The maximum absolute atomic E-state index is 11.6. The number of nitrogens with one attached hydrogen (secondary N) is 1. The number of hydrogen-bond acceptors (Lipinski definition) is 4. The van der Waals surface area contributed by atoms with Gasteiger partial charge in [-0.2, -0.15) is 0 Å². The SMILES string of the molecule is COC(=O)/C=C/c1cc(OC)ccc1-c1cccc2cc3n(c12)CCNCC3. The van der Waals surface area contributed by atoms with Crippen LogP contribution in [0.2, 0.25) is 0 Å². The summed E-state index contributed by atoms with van der Waals surface area (Å²) < 4.78 is 12.6. The highest BCUT2D eigenvalue weighted by atomic mass is 16.5. The van der Waals surface area contributed by atoms with Gasteiger partial charge in [-0.1, -0.05) is 24.3 Å². The van der Waals surface area contributed by atoms with Crippen molar-refractivity contribution in [1.29, 1.82) is 0 Å². The molecule has 0 amide bonds. The molecule has 0 spiro atoms. The Hall–Kier alpha value is -3.05. The molecule has 0 aliphatic carbocycles. The van der Waals surface area contributed by atoms with Crippen molar-refractivity contribution in [2.75, 3.05) is 27.3 Å². The van der Waals surface area contributed by atoms with Crippen LogP contribution < -0.4 is 10.1 Å². The Morgan fingerprint density at radius 2 is 2.00 bits per heavy atom. The highest BCUT2D eigenvalue weighted by Gasteiger charge is 2.16. The largest absolute Gasteiger partial charge is 0.497 e. The van der Waals surface area contributed by atoms with Crippen LogP contribution in [0.3, 0.4) is 0 Å². The number of fused-ring (bicyclic) bond motifs is 3. The van der Waals surface area contributed by atoms with E-state index >= 15 is 0 Å². The van der Waals surface area contributed by atoms with E-state index in [1.54, 1.807) is 13.2 Å². The third-order valence-corrected chi connectivity index (χ3v) is 5.23. The minimum absolute atomic E-state index is 0.380. The van der Waals surface area contributed by atoms with E-state index in [1.807, 2.05) is 12.1 Å². The quantitative estimate of drug-likeness (QED) is 0.558. The molecule has 28 heavy (non-hydrogen) atoms. The van der Waals surface area contributed by atoms with Gasteiger partial charge in [0.25, 0.3) is 0 Å². The molecule has 2 aromatic carbocycles. The Balaban J connectivity index is 1.91. The topological polar surface area (TPSA) is 52.5 Å². The smallest absolute Gasteiger partial charge is 0.330 e. The number of aromatic nitrogens is 1. The van der Waals surface area contributed by atoms with Gasteiger partial charge >= 0.3 is 5.97 Å². The van der Waals surface area contributed by atoms with Gasteiger partial charge in [-0.05, 0) is 35.4 Å². The molecule has 5 heteroatoms. The van der Waals surface area contributed by atoms with Crippen molar-refractivity contribution < 1.29 is 14.3 Å². The number of esters is 1. The van der Waals surface area contributed by atoms with Crippen molar-refractivity contribution in [2.45, 2.75) is 13.0 Å². The number of hydrogen-bond donors (Lipinski definition) is 1. The first-order chi connectivity index (χ1) is 13.7. The Labute approximate surface area is 164 Å². The van der Waals surface area contributed by atoms with Crippen LogP contribution in [0.1, 0.15) is 11.3 Å². The third-order valence-electron chi connectivity index (χ3n) is 5.23. The normalized spacial score (nSPS) is 14.1. The van der Waals surface area contributed by atoms with E-state index in [4.69, 9.17) is 9.47 Å². The molecule has 2 heterocycles. The minimum atomic E-state index is -0.380. The monoisotopic (exact) mass is 376 g/mol. The molecule has 1 aliphatic rings. The van der Waals surface area contributed by atoms with Gasteiger partial charge in [0.15, 0.2) is 0 Å². The maximum Gasteiger partial charge on any atom is 0.330 e. The van der Waals surface area contributed by atoms with E-state index in [0.717, 1.165) is 48.5 Å². The standard InChI is InChI=1S/C23H24N2O3/c1-27-19-7-8-20(16(15-19)6-9-22(26)28-2)21-5-3-4-17-14-18-10-11-24-12-13-25(18)23(17)21/h3-9,14-15,24H,10-13H2,1-2H3/b9-6+. The van der Waals surface area contributed by atoms with E-state index in [0.29, 0.717) is 0 Å². The molecule has 144 valence electrons. The number of rotatable bonds is 4. The predicted octanol–water partition coefficient (Wildman–Crippen LogP) is 3.65. The van der Waals surface area contributed by atoms with E-state index in [-0.39, 0.29) is 5.97 Å². The number of benzene rings is 2. The zero-order chi connectivity index (χ0) is 19.5. The number of methoxy groups -OCH3 is 2. The van der Waals surface area contributed by atoms with Gasteiger partial charge in [0.05, 0.1) is 19.7 Å². The molecule has 0 bridgehead atoms. The average Bonchev–Trinajstić information content (AvgIpc) is 2.93. The van der Waals surface area contributed by atoms with E-state index in [1.165, 1.54) is 29.8 Å². The molecule has 1 aromatic heterocycles. The van der Waals surface area contributed by atoms with Gasteiger partial charge in [-0.25, -0.2) is 4.79 Å². The second kappa shape index (κ2) is 7.90. The number of ether oxygens (including phenoxy) is 2. The lowest BCUT2D eigenvalue weighted by molar-refractivity contribution is -0.134. The minimum Gasteiger partial charge on any atom is -0.497 e. The average molecular weight is 376 g/mol. The molecule has 0 saturated carbocycles. The van der Waals surface area contributed by atoms with Gasteiger partial charge in [0.2, 0.25) is 0 Å². The van der Waals surface area contributed by atoms with Crippen molar-refractivity contribution >= 4 is 22.9 Å². The van der Waals surface area contributed by atoms with E-state index < -0.39 is 0 Å². The molecule has 0 saturated heterocycles. The zero-order valence-electron chi connectivity index (χ0n) is 16.2. The highest BCUT2D eigenvalue weighted by molar-refractivity contribution is 5.98. The van der Waals surface area contributed by atoms with Crippen LogP contribution in [-0.4, -0.2) is 37.8 Å². The summed E-state index contributed by atoms with van der Waals surface area (Å²) >= 11 is 0. The summed E-state index contributed by atoms with van der Waals surface area (Å²) in [5.41, 5.74) is 5.72. The lowest BCUT2D eigenvalue weighted by atomic mass is 9.97. The Morgan fingerprint density at radius 1 is 1.11 bits per heavy atom. The molecule has 0 atom stereocenters. The van der Waals surface area contributed by atoms with Gasteiger partial charge in [0, 0.05) is 48.8 Å². The lowest BCUT2D eigenvalue weighted by Gasteiger charge is -2.14. The Morgan fingerprint density at radius 3 is 2.82 bits per heavy atom. The van der Waals surface area contributed by atoms with Crippen molar-refractivity contribution in [3.05, 3.63) is 59.8 Å². The highest BCUT2D eigenvalue weighted by Crippen LogP contribution is 2.35. The summed E-state index contributed by atoms with van der Waals surface area (Å²) in [7, 11) is 3.02. The van der Waals surface area contributed by atoms with Crippen molar-refractivity contribution in [3.8, 4) is 16.9 Å². The van der Waals surface area contributed by atoms with Gasteiger partial charge in [-0.3, -0.25) is 0 Å². The second-order valence-electron chi connectivity index (χ2n) is 6.84. The zero-order valence-corrected chi connectivity index (χ0v) is 16.2. The number of nitrogens with zero attached hydrogens (tertiary/aromatic N) is 1. The summed E-state index contributed by atoms with van der Waals surface area (Å²) in [5.74, 6) is 0.369. The molecule has 3 aromatic rings. The summed E-state index contributed by atoms with van der Waals surface area (Å²) in [5, 5.41) is 4.71. The van der Waals surface area contributed by atoms with Crippen LogP contribution in [-0.2, 0) is 22.5 Å². The Kier molecular flexibility index (Phi) is 5.17. The maximum atomic E-state index is 11.6. The molecule has 0 unspecified atom stereocenters. The summed E-state index contributed by atoms with van der Waals surface area (Å²) in [6.07, 6.45) is 4.25. The van der Waals surface area contributed by atoms with Crippen LogP contribution in [0.4, 0.5) is 0 Å². The Bertz CT molecular complexity index is 1050. The molecule has 5 nitrogen and oxygen atoms in total. The lowest BCUT2D eigenvalue weighted by Crippen LogP contribution is -2.17. The first-order valence-corrected chi connectivity index (χ1v) is 9.47. The molecule has 0 fully saturated rings. The summed E-state index contributed by atoms with van der Waals surface area (Å²) in [6.45, 7) is 2.91. The first kappa shape index (κ1) is 18.3. The molecule has 1 aliphatic heterocycles. The van der Waals surface area contributed by atoms with Crippen LogP contribution in [0.15, 0.2) is 48.5 Å². The van der Waals surface area contributed by atoms with E-state index in [9.17, 15) is 4.79 Å². The fourth-order valence-electron chi connectivity index (χ4n) is 3.87. The fraction of sp³-hybridized carbons (Fsp3) is 0.261. The number of carbonyl (C=O) groups excluding carboxylic acids is 1. The van der Waals surface area contributed by atoms with Gasteiger partial charge in [0.1, 0.15) is 5.75 Å². The van der Waals surface area contributed by atoms with Gasteiger partial charge < -0.3 is 19.4 Å². The van der Waals surface area contributed by atoms with Crippen LogP contribution >= 0.6 is 0 Å². The molecule has 4 rings (SSSR count). The van der Waals surface area contributed by atoms with E-state index in [2.05, 4.69) is 40.2 Å². The molecule has 1 N–H and O–H groups in total. The predicted molar refractivity (Wildman–Crippen MR) is 112 cm³/mol. The fourth-order valence-corrected chi connectivity index (χ4v) is 3.87. The molecular weight excluding hydrogens is 352 g/mol. The number of para-hydroxylation sites is 1. The molecule has 0 radical (unpaired) electrons. The third kappa shape index (κ3) is 3.41. The second-order valence-corrected chi connectivity index (χ2v) is 6.84. The van der Waals surface area contributed by atoms with Crippen LogP contribution in [0.25, 0.3) is 28.1 Å². The van der Waals surface area contributed by atoms with Crippen molar-refractivity contribution in [2.24, 2.45) is 0 Å². The van der Waals surface area contributed by atoms with Crippen LogP contribution in [0, 0.1) is 0 Å². The molecular formula is C23H24N2O3.